The summed E-state index contributed by atoms with van der Waals surface area (Å²) in [5, 5.41) is 1.44. The van der Waals surface area contributed by atoms with Crippen LogP contribution in [0, 0.1) is 6.92 Å². The molecule has 0 atom stereocenters. The van der Waals surface area contributed by atoms with Crippen molar-refractivity contribution < 1.29 is 4.79 Å². The molecule has 1 aromatic heterocycles. The van der Waals surface area contributed by atoms with Gasteiger partial charge in [0.1, 0.15) is 0 Å². The third-order valence-electron chi connectivity index (χ3n) is 4.47. The quantitative estimate of drug-likeness (QED) is 0.310. The third-order valence-corrected chi connectivity index (χ3v) is 6.84. The molecule has 0 radical (unpaired) electrons. The number of rotatable bonds is 9. The lowest BCUT2D eigenvalue weighted by atomic mass is 10.2. The summed E-state index contributed by atoms with van der Waals surface area (Å²) in [5.74, 6) is 1.05. The molecular formula is C22H26ClN3OS2. The van der Waals surface area contributed by atoms with Gasteiger partial charge < -0.3 is 4.90 Å². The summed E-state index contributed by atoms with van der Waals surface area (Å²) in [5.41, 5.74) is 2.14. The molecule has 154 valence electrons. The van der Waals surface area contributed by atoms with E-state index < -0.39 is 0 Å². The standard InChI is InChI=1S/C22H26ClN3OS2/c1-16-6-9-18(10-7-16)28-14-4-5-21(27)26(13-12-25(2)3)22-24-19-11-8-17(23)15-20(19)29-22/h6-11,15H,4-5,12-14H2,1-3H3. The number of thioether (sulfide) groups is 1. The van der Waals surface area contributed by atoms with Crippen LogP contribution in [0.25, 0.3) is 10.2 Å². The lowest BCUT2D eigenvalue weighted by Gasteiger charge is -2.22. The Balaban J connectivity index is 1.63. The molecule has 0 saturated heterocycles. The zero-order chi connectivity index (χ0) is 20.8. The maximum absolute atomic E-state index is 13.0. The maximum atomic E-state index is 13.0. The Morgan fingerprint density at radius 1 is 1.14 bits per heavy atom. The topological polar surface area (TPSA) is 36.4 Å². The lowest BCUT2D eigenvalue weighted by Crippen LogP contribution is -2.36. The van der Waals surface area contributed by atoms with E-state index in [0.717, 1.165) is 34.1 Å². The number of nitrogens with zero attached hydrogens (tertiary/aromatic N) is 3. The van der Waals surface area contributed by atoms with Crippen LogP contribution < -0.4 is 4.90 Å². The number of fused-ring (bicyclic) bond motifs is 1. The first-order chi connectivity index (χ1) is 13.9. The van der Waals surface area contributed by atoms with Crippen LogP contribution in [0.5, 0.6) is 0 Å². The van der Waals surface area contributed by atoms with Crippen LogP contribution in [-0.2, 0) is 4.79 Å². The van der Waals surface area contributed by atoms with E-state index in [0.29, 0.717) is 18.0 Å². The number of anilines is 1. The molecule has 29 heavy (non-hydrogen) atoms. The molecule has 0 unspecified atom stereocenters. The molecule has 2 aromatic carbocycles. The number of thiazole rings is 1. The van der Waals surface area contributed by atoms with E-state index in [1.165, 1.54) is 21.8 Å². The maximum Gasteiger partial charge on any atom is 0.228 e. The number of aryl methyl sites for hydroxylation is 1. The van der Waals surface area contributed by atoms with Gasteiger partial charge in [0.2, 0.25) is 5.91 Å². The Kier molecular flexibility index (Phi) is 7.95. The molecule has 0 spiro atoms. The number of hydrogen-bond donors (Lipinski definition) is 0. The van der Waals surface area contributed by atoms with Crippen molar-refractivity contribution >= 4 is 56.0 Å². The number of amides is 1. The molecule has 0 bridgehead atoms. The van der Waals surface area contributed by atoms with Gasteiger partial charge in [-0.05, 0) is 63.5 Å². The van der Waals surface area contributed by atoms with Gasteiger partial charge in [-0.2, -0.15) is 0 Å². The number of aromatic nitrogens is 1. The minimum atomic E-state index is 0.126. The molecule has 0 aliphatic heterocycles. The summed E-state index contributed by atoms with van der Waals surface area (Å²) < 4.78 is 1.00. The van der Waals surface area contributed by atoms with Crippen LogP contribution in [0.15, 0.2) is 47.4 Å². The van der Waals surface area contributed by atoms with Crippen molar-refractivity contribution in [2.75, 3.05) is 37.8 Å². The van der Waals surface area contributed by atoms with E-state index in [4.69, 9.17) is 11.6 Å². The number of halogens is 1. The van der Waals surface area contributed by atoms with Gasteiger partial charge >= 0.3 is 0 Å². The Morgan fingerprint density at radius 2 is 1.90 bits per heavy atom. The van der Waals surface area contributed by atoms with Gasteiger partial charge in [-0.25, -0.2) is 4.98 Å². The predicted octanol–water partition coefficient (Wildman–Crippen LogP) is 5.73. The summed E-state index contributed by atoms with van der Waals surface area (Å²) in [6.07, 6.45) is 1.36. The third kappa shape index (κ3) is 6.44. The van der Waals surface area contributed by atoms with Crippen molar-refractivity contribution in [2.45, 2.75) is 24.7 Å². The molecule has 4 nitrogen and oxygen atoms in total. The minimum Gasteiger partial charge on any atom is -0.308 e. The van der Waals surface area contributed by atoms with E-state index in [1.807, 2.05) is 37.2 Å². The first-order valence-corrected chi connectivity index (χ1v) is 11.8. The lowest BCUT2D eigenvalue weighted by molar-refractivity contribution is -0.118. The highest BCUT2D eigenvalue weighted by Crippen LogP contribution is 2.31. The summed E-state index contributed by atoms with van der Waals surface area (Å²) in [4.78, 5) is 22.8. The van der Waals surface area contributed by atoms with E-state index in [-0.39, 0.29) is 5.91 Å². The molecule has 0 fully saturated rings. The fourth-order valence-electron chi connectivity index (χ4n) is 2.81. The number of benzene rings is 2. The number of carbonyl (C=O) groups is 1. The average molecular weight is 448 g/mol. The van der Waals surface area contributed by atoms with Crippen molar-refractivity contribution in [3.63, 3.8) is 0 Å². The molecule has 1 amide bonds. The fraction of sp³-hybridized carbons (Fsp3) is 0.364. The summed E-state index contributed by atoms with van der Waals surface area (Å²) in [7, 11) is 4.03. The zero-order valence-electron chi connectivity index (χ0n) is 17.0. The van der Waals surface area contributed by atoms with E-state index in [1.54, 1.807) is 11.8 Å². The minimum absolute atomic E-state index is 0.126. The Labute approximate surface area is 185 Å². The Morgan fingerprint density at radius 3 is 2.62 bits per heavy atom. The second kappa shape index (κ2) is 10.4. The van der Waals surface area contributed by atoms with Gasteiger partial charge in [0.25, 0.3) is 0 Å². The molecule has 7 heteroatoms. The average Bonchev–Trinajstić information content (AvgIpc) is 3.09. The Bertz CT molecular complexity index is 956. The van der Waals surface area contributed by atoms with Gasteiger partial charge in [-0.15, -0.1) is 11.8 Å². The molecule has 0 saturated carbocycles. The second-order valence-electron chi connectivity index (χ2n) is 7.22. The van der Waals surface area contributed by atoms with Gasteiger partial charge in [0.05, 0.1) is 10.2 Å². The van der Waals surface area contributed by atoms with Gasteiger partial charge in [-0.1, -0.05) is 40.6 Å². The molecule has 0 aliphatic rings. The normalized spacial score (nSPS) is 11.3. The van der Waals surface area contributed by atoms with Crippen molar-refractivity contribution in [1.82, 2.24) is 9.88 Å². The summed E-state index contributed by atoms with van der Waals surface area (Å²) in [6, 6.07) is 14.2. The molecule has 3 aromatic rings. The van der Waals surface area contributed by atoms with Crippen molar-refractivity contribution in [1.29, 1.82) is 0 Å². The van der Waals surface area contributed by atoms with Crippen molar-refractivity contribution in [3.8, 4) is 0 Å². The second-order valence-corrected chi connectivity index (χ2v) is 9.84. The molecule has 0 aliphatic carbocycles. The van der Waals surface area contributed by atoms with Crippen LogP contribution in [0.4, 0.5) is 5.13 Å². The SMILES string of the molecule is Cc1ccc(SCCCC(=O)N(CCN(C)C)c2nc3ccc(Cl)cc3s2)cc1. The highest BCUT2D eigenvalue weighted by atomic mass is 35.5. The van der Waals surface area contributed by atoms with E-state index in [2.05, 4.69) is 41.1 Å². The van der Waals surface area contributed by atoms with Crippen molar-refractivity contribution in [3.05, 3.63) is 53.1 Å². The predicted molar refractivity (Wildman–Crippen MR) is 127 cm³/mol. The van der Waals surface area contributed by atoms with Gasteiger partial charge in [0.15, 0.2) is 5.13 Å². The summed E-state index contributed by atoms with van der Waals surface area (Å²) in [6.45, 7) is 3.51. The van der Waals surface area contributed by atoms with E-state index in [9.17, 15) is 4.79 Å². The van der Waals surface area contributed by atoms with Gasteiger partial charge in [-0.3, -0.25) is 9.69 Å². The smallest absolute Gasteiger partial charge is 0.228 e. The largest absolute Gasteiger partial charge is 0.308 e. The van der Waals surface area contributed by atoms with Crippen molar-refractivity contribution in [2.24, 2.45) is 0 Å². The molecule has 0 N–H and O–H groups in total. The molecule has 1 heterocycles. The van der Waals surface area contributed by atoms with E-state index >= 15 is 0 Å². The summed E-state index contributed by atoms with van der Waals surface area (Å²) >= 11 is 9.42. The molecule has 3 rings (SSSR count). The van der Waals surface area contributed by atoms with Crippen LogP contribution in [-0.4, -0.2) is 48.7 Å². The van der Waals surface area contributed by atoms with Crippen LogP contribution in [0.2, 0.25) is 5.02 Å². The highest BCUT2D eigenvalue weighted by Gasteiger charge is 2.19. The first-order valence-electron chi connectivity index (χ1n) is 9.63. The van der Waals surface area contributed by atoms with Gasteiger partial charge in [0, 0.05) is 29.4 Å². The Hall–Kier alpha value is -1.60. The number of hydrogen-bond acceptors (Lipinski definition) is 5. The highest BCUT2D eigenvalue weighted by molar-refractivity contribution is 7.99. The number of likely N-dealkylation sites (N-methyl/N-ethyl adjacent to an activating group) is 1. The molecular weight excluding hydrogens is 422 g/mol. The number of carbonyl (C=O) groups excluding carboxylic acids is 1. The zero-order valence-corrected chi connectivity index (χ0v) is 19.4. The fourth-order valence-corrected chi connectivity index (χ4v) is 4.95. The van der Waals surface area contributed by atoms with Crippen LogP contribution >= 0.6 is 34.7 Å². The van der Waals surface area contributed by atoms with Crippen LogP contribution in [0.1, 0.15) is 18.4 Å². The monoisotopic (exact) mass is 447 g/mol. The first kappa shape index (κ1) is 22.1. The van der Waals surface area contributed by atoms with Crippen LogP contribution in [0.3, 0.4) is 0 Å².